The summed E-state index contributed by atoms with van der Waals surface area (Å²) in [5, 5.41) is 23.6. The van der Waals surface area contributed by atoms with Crippen LogP contribution in [0.1, 0.15) is 37.5 Å². The minimum absolute atomic E-state index is 0.111. The van der Waals surface area contributed by atoms with Gasteiger partial charge < -0.3 is 10.2 Å². The molecular formula is C19H22N2O3. The molecular weight excluding hydrogens is 304 g/mol. The van der Waals surface area contributed by atoms with E-state index in [0.717, 1.165) is 5.56 Å². The molecule has 126 valence electrons. The van der Waals surface area contributed by atoms with Crippen LogP contribution in [-0.2, 0) is 16.6 Å². The molecule has 0 aliphatic rings. The normalized spacial score (nSPS) is 11.6. The summed E-state index contributed by atoms with van der Waals surface area (Å²) < 4.78 is 0. The molecule has 0 saturated heterocycles. The molecule has 0 aliphatic carbocycles. The lowest BCUT2D eigenvalue weighted by atomic mass is 9.85. The molecule has 0 radical (unpaired) electrons. The topological polar surface area (TPSA) is 81.9 Å². The van der Waals surface area contributed by atoms with Gasteiger partial charge >= 0.3 is 0 Å². The zero-order valence-corrected chi connectivity index (χ0v) is 14.1. The van der Waals surface area contributed by atoms with E-state index >= 15 is 0 Å². The number of para-hydroxylation sites is 1. The largest absolute Gasteiger partial charge is 0.508 e. The smallest absolute Gasteiger partial charge is 0.244 e. The number of nitrogens with one attached hydrogen (secondary N) is 1. The van der Waals surface area contributed by atoms with Crippen LogP contribution in [-0.4, -0.2) is 22.3 Å². The van der Waals surface area contributed by atoms with Crippen molar-refractivity contribution in [2.75, 3.05) is 0 Å². The first-order valence-electron chi connectivity index (χ1n) is 7.69. The third-order valence-electron chi connectivity index (χ3n) is 3.54. The summed E-state index contributed by atoms with van der Waals surface area (Å²) >= 11 is 0. The Morgan fingerprint density at radius 1 is 1.17 bits per heavy atom. The predicted octanol–water partition coefficient (Wildman–Crippen LogP) is 3.09. The quantitative estimate of drug-likeness (QED) is 0.596. The Labute approximate surface area is 141 Å². The number of nitrogens with zero attached hydrogens (tertiary/aromatic N) is 1. The molecule has 0 bridgehead atoms. The average Bonchev–Trinajstić information content (AvgIpc) is 2.47. The lowest BCUT2D eigenvalue weighted by Crippen LogP contribution is -2.19. The third-order valence-corrected chi connectivity index (χ3v) is 3.54. The van der Waals surface area contributed by atoms with Crippen molar-refractivity contribution in [3.63, 3.8) is 0 Å². The first-order valence-corrected chi connectivity index (χ1v) is 7.69. The molecule has 2 aromatic rings. The van der Waals surface area contributed by atoms with Gasteiger partial charge in [0, 0.05) is 5.56 Å². The van der Waals surface area contributed by atoms with E-state index in [4.69, 9.17) is 0 Å². The van der Waals surface area contributed by atoms with Gasteiger partial charge in [-0.05, 0) is 34.7 Å². The standard InChI is InChI=1S/C19H22N2O3/c1-19(2,3)16-9-5-7-14(18(16)24)12-20-21-17(23)11-13-6-4-8-15(22)10-13/h4-10,12,22,24H,11H2,1-3H3,(H,21,23)/b20-12+. The number of carbonyl (C=O) groups excluding carboxylic acids is 1. The number of rotatable bonds is 4. The van der Waals surface area contributed by atoms with Crippen LogP contribution in [0.15, 0.2) is 47.6 Å². The monoisotopic (exact) mass is 326 g/mol. The number of hydrogen-bond donors (Lipinski definition) is 3. The summed E-state index contributed by atoms with van der Waals surface area (Å²) in [5.41, 5.74) is 4.29. The Hall–Kier alpha value is -2.82. The van der Waals surface area contributed by atoms with Crippen LogP contribution < -0.4 is 5.43 Å². The second kappa shape index (κ2) is 7.17. The van der Waals surface area contributed by atoms with Crippen molar-refractivity contribution in [1.29, 1.82) is 0 Å². The molecule has 5 nitrogen and oxygen atoms in total. The summed E-state index contributed by atoms with van der Waals surface area (Å²) in [6.45, 7) is 6.04. The molecule has 0 aliphatic heterocycles. The third kappa shape index (κ3) is 4.59. The number of benzene rings is 2. The second-order valence-electron chi connectivity index (χ2n) is 6.63. The number of carbonyl (C=O) groups is 1. The van der Waals surface area contributed by atoms with E-state index in [2.05, 4.69) is 10.5 Å². The van der Waals surface area contributed by atoms with Gasteiger partial charge in [-0.25, -0.2) is 5.43 Å². The van der Waals surface area contributed by atoms with E-state index in [-0.39, 0.29) is 29.2 Å². The molecule has 3 N–H and O–H groups in total. The molecule has 0 fully saturated rings. The SMILES string of the molecule is CC(C)(C)c1cccc(/C=N/NC(=O)Cc2cccc(O)c2)c1O. The molecule has 0 atom stereocenters. The van der Waals surface area contributed by atoms with Crippen LogP contribution in [0.3, 0.4) is 0 Å². The van der Waals surface area contributed by atoms with Crippen molar-refractivity contribution in [3.8, 4) is 11.5 Å². The number of hydrogen-bond acceptors (Lipinski definition) is 4. The van der Waals surface area contributed by atoms with Crippen LogP contribution >= 0.6 is 0 Å². The van der Waals surface area contributed by atoms with Crippen LogP contribution in [0.25, 0.3) is 0 Å². The number of amides is 1. The highest BCUT2D eigenvalue weighted by atomic mass is 16.3. The van der Waals surface area contributed by atoms with Gasteiger partial charge in [-0.15, -0.1) is 0 Å². The summed E-state index contributed by atoms with van der Waals surface area (Å²) in [4.78, 5) is 11.9. The van der Waals surface area contributed by atoms with E-state index in [0.29, 0.717) is 11.1 Å². The van der Waals surface area contributed by atoms with E-state index < -0.39 is 0 Å². The van der Waals surface area contributed by atoms with Crippen molar-refractivity contribution < 1.29 is 15.0 Å². The fourth-order valence-electron chi connectivity index (χ4n) is 2.34. The summed E-state index contributed by atoms with van der Waals surface area (Å²) in [6.07, 6.45) is 1.53. The molecule has 0 aromatic heterocycles. The highest BCUT2D eigenvalue weighted by Crippen LogP contribution is 2.32. The fourth-order valence-corrected chi connectivity index (χ4v) is 2.34. The van der Waals surface area contributed by atoms with E-state index in [1.807, 2.05) is 32.9 Å². The first-order chi connectivity index (χ1) is 11.3. The van der Waals surface area contributed by atoms with Gasteiger partial charge in [-0.2, -0.15) is 5.10 Å². The van der Waals surface area contributed by atoms with Crippen molar-refractivity contribution in [1.82, 2.24) is 5.43 Å². The fraction of sp³-hybridized carbons (Fsp3) is 0.263. The minimum Gasteiger partial charge on any atom is -0.508 e. The highest BCUT2D eigenvalue weighted by molar-refractivity contribution is 5.86. The predicted molar refractivity (Wildman–Crippen MR) is 94.4 cm³/mol. The summed E-state index contributed by atoms with van der Waals surface area (Å²) in [7, 11) is 0. The lowest BCUT2D eigenvalue weighted by molar-refractivity contribution is -0.120. The summed E-state index contributed by atoms with van der Waals surface area (Å²) in [5.74, 6) is -0.0213. The van der Waals surface area contributed by atoms with Gasteiger partial charge in [0.2, 0.25) is 5.91 Å². The maximum Gasteiger partial charge on any atom is 0.244 e. The Morgan fingerprint density at radius 3 is 2.54 bits per heavy atom. The minimum atomic E-state index is -0.302. The Kier molecular flexibility index (Phi) is 5.24. The van der Waals surface area contributed by atoms with E-state index in [9.17, 15) is 15.0 Å². The molecule has 0 unspecified atom stereocenters. The van der Waals surface area contributed by atoms with Crippen LogP contribution in [0.5, 0.6) is 11.5 Å². The molecule has 24 heavy (non-hydrogen) atoms. The van der Waals surface area contributed by atoms with Crippen molar-refractivity contribution in [2.24, 2.45) is 5.10 Å². The molecule has 0 heterocycles. The Morgan fingerprint density at radius 2 is 1.88 bits per heavy atom. The van der Waals surface area contributed by atoms with Crippen LogP contribution in [0.4, 0.5) is 0 Å². The van der Waals surface area contributed by atoms with Crippen molar-refractivity contribution in [3.05, 3.63) is 59.2 Å². The zero-order chi connectivity index (χ0) is 17.7. The molecule has 1 amide bonds. The maximum absolute atomic E-state index is 11.9. The first kappa shape index (κ1) is 17.5. The van der Waals surface area contributed by atoms with Crippen molar-refractivity contribution >= 4 is 12.1 Å². The Bertz CT molecular complexity index is 761. The van der Waals surface area contributed by atoms with E-state index in [1.165, 1.54) is 12.3 Å². The van der Waals surface area contributed by atoms with Gasteiger partial charge in [0.25, 0.3) is 0 Å². The van der Waals surface area contributed by atoms with Gasteiger partial charge in [0.15, 0.2) is 0 Å². The number of hydrazone groups is 1. The van der Waals surface area contributed by atoms with Crippen LogP contribution in [0, 0.1) is 0 Å². The number of phenols is 2. The van der Waals surface area contributed by atoms with Gasteiger partial charge in [0.05, 0.1) is 12.6 Å². The average molecular weight is 326 g/mol. The number of phenolic OH excluding ortho intramolecular Hbond substituents is 2. The molecule has 5 heteroatoms. The summed E-state index contributed by atoms with van der Waals surface area (Å²) in [6, 6.07) is 11.9. The molecule has 2 aromatic carbocycles. The number of aromatic hydroxyl groups is 2. The molecule has 0 spiro atoms. The second-order valence-corrected chi connectivity index (χ2v) is 6.63. The van der Waals surface area contributed by atoms with Gasteiger partial charge in [-0.1, -0.05) is 45.0 Å². The molecule has 0 saturated carbocycles. The lowest BCUT2D eigenvalue weighted by Gasteiger charge is -2.21. The molecule has 2 rings (SSSR count). The van der Waals surface area contributed by atoms with Gasteiger partial charge in [-0.3, -0.25) is 4.79 Å². The van der Waals surface area contributed by atoms with Crippen LogP contribution in [0.2, 0.25) is 0 Å². The maximum atomic E-state index is 11.9. The van der Waals surface area contributed by atoms with Gasteiger partial charge in [0.1, 0.15) is 11.5 Å². The van der Waals surface area contributed by atoms with Crippen molar-refractivity contribution in [2.45, 2.75) is 32.6 Å². The van der Waals surface area contributed by atoms with E-state index in [1.54, 1.807) is 24.3 Å². The Balaban J connectivity index is 2.03. The zero-order valence-electron chi connectivity index (χ0n) is 14.1. The highest BCUT2D eigenvalue weighted by Gasteiger charge is 2.19.